The number of carboxylic acids is 2. The zero-order valence-electron chi connectivity index (χ0n) is 25.2. The summed E-state index contributed by atoms with van der Waals surface area (Å²) in [5.41, 5.74) is 11.9. The van der Waals surface area contributed by atoms with Crippen molar-refractivity contribution >= 4 is 45.2 Å². The maximum atomic E-state index is 12.6. The molecule has 9 heteroatoms. The molecule has 5 heterocycles. The summed E-state index contributed by atoms with van der Waals surface area (Å²) in [6.07, 6.45) is 1.15. The molecule has 2 aliphatic heterocycles. The molecule has 220 valence electrons. The van der Waals surface area contributed by atoms with E-state index in [9.17, 15) is 19.8 Å². The Morgan fingerprint density at radius 3 is 2.26 bits per heavy atom. The Bertz CT molecular complexity index is 1810. The Labute approximate surface area is 244 Å². The Morgan fingerprint density at radius 2 is 1.62 bits per heavy atom. The highest BCUT2D eigenvalue weighted by atomic mass is 16.5. The first kappa shape index (κ1) is 29.3. The number of fused-ring (bicyclic) bond motifs is 8. The maximum Gasteiger partial charge on any atom is 0.338 e. The number of H-pyrrole nitrogens is 2. The van der Waals surface area contributed by atoms with Gasteiger partial charge in [-0.25, -0.2) is 9.78 Å². The topological polar surface area (TPSA) is 141 Å². The zero-order chi connectivity index (χ0) is 30.5. The van der Waals surface area contributed by atoms with E-state index in [0.29, 0.717) is 40.9 Å². The van der Waals surface area contributed by atoms with Crippen molar-refractivity contribution < 1.29 is 24.5 Å². The smallest absolute Gasteiger partial charge is 0.338 e. The SMILES string of the molecule is CCC1=C(C)c2cc3[nH]c(cc4nc(c(C)c5[nH]c(cc1n2)c(C)c5C(=O)O)[C@@H](CCC(=O)O)[C@@H]4C)c(C)c3COC. The van der Waals surface area contributed by atoms with Gasteiger partial charge in [0.15, 0.2) is 0 Å². The van der Waals surface area contributed by atoms with Gasteiger partial charge in [0.2, 0.25) is 0 Å². The number of aryl methyl sites for hydroxylation is 3. The maximum absolute atomic E-state index is 12.6. The highest BCUT2D eigenvalue weighted by Gasteiger charge is 2.32. The first-order valence-electron chi connectivity index (χ1n) is 14.3. The lowest BCUT2D eigenvalue weighted by Crippen LogP contribution is -2.07. The van der Waals surface area contributed by atoms with Gasteiger partial charge in [-0.05, 0) is 86.6 Å². The van der Waals surface area contributed by atoms with Crippen LogP contribution >= 0.6 is 0 Å². The van der Waals surface area contributed by atoms with E-state index in [4.69, 9.17) is 14.7 Å². The van der Waals surface area contributed by atoms with E-state index in [-0.39, 0.29) is 23.8 Å². The first-order valence-corrected chi connectivity index (χ1v) is 14.3. The number of aliphatic carboxylic acids is 1. The van der Waals surface area contributed by atoms with Crippen molar-refractivity contribution in [2.75, 3.05) is 7.11 Å². The Hall–Kier alpha value is -4.24. The number of carbonyl (C=O) groups is 2. The number of hydrogen-bond donors (Lipinski definition) is 4. The molecule has 0 radical (unpaired) electrons. The molecule has 4 N–H and O–H groups in total. The number of nitrogens with one attached hydrogen (secondary N) is 2. The number of ether oxygens (including phenoxy) is 1. The number of rotatable bonds is 7. The lowest BCUT2D eigenvalue weighted by molar-refractivity contribution is -0.137. The van der Waals surface area contributed by atoms with E-state index >= 15 is 0 Å². The molecular formula is C33H38N4O5. The monoisotopic (exact) mass is 570 g/mol. The van der Waals surface area contributed by atoms with Crippen LogP contribution in [0, 0.1) is 20.8 Å². The lowest BCUT2D eigenvalue weighted by atomic mass is 9.86. The Morgan fingerprint density at radius 1 is 0.929 bits per heavy atom. The van der Waals surface area contributed by atoms with Crippen LogP contribution in [-0.2, 0) is 16.1 Å². The van der Waals surface area contributed by atoms with Gasteiger partial charge in [0.1, 0.15) is 0 Å². The van der Waals surface area contributed by atoms with E-state index in [0.717, 1.165) is 56.8 Å². The minimum atomic E-state index is -1.03. The number of aromatic amines is 2. The van der Waals surface area contributed by atoms with Crippen molar-refractivity contribution in [3.8, 4) is 0 Å². The van der Waals surface area contributed by atoms with Crippen LogP contribution < -0.4 is 0 Å². The van der Waals surface area contributed by atoms with Crippen LogP contribution in [0.2, 0.25) is 0 Å². The summed E-state index contributed by atoms with van der Waals surface area (Å²) in [5.74, 6) is -2.17. The molecule has 0 saturated heterocycles. The molecule has 0 aliphatic carbocycles. The van der Waals surface area contributed by atoms with Crippen molar-refractivity contribution in [2.24, 2.45) is 0 Å². The van der Waals surface area contributed by atoms with Gasteiger partial charge in [0.25, 0.3) is 0 Å². The van der Waals surface area contributed by atoms with Crippen LogP contribution in [0.5, 0.6) is 0 Å². The molecule has 42 heavy (non-hydrogen) atoms. The minimum Gasteiger partial charge on any atom is -0.481 e. The molecule has 3 aromatic rings. The molecule has 8 bridgehead atoms. The molecule has 2 atom stereocenters. The van der Waals surface area contributed by atoms with Crippen molar-refractivity contribution in [1.29, 1.82) is 0 Å². The second-order valence-corrected chi connectivity index (χ2v) is 11.4. The van der Waals surface area contributed by atoms with Crippen LogP contribution in [0.4, 0.5) is 0 Å². The molecule has 0 unspecified atom stereocenters. The fourth-order valence-corrected chi connectivity index (χ4v) is 6.42. The highest BCUT2D eigenvalue weighted by Crippen LogP contribution is 2.42. The highest BCUT2D eigenvalue weighted by molar-refractivity contribution is 6.02. The number of methoxy groups -OCH3 is 1. The normalized spacial score (nSPS) is 16.7. The average Bonchev–Trinajstić information content (AvgIpc) is 3.61. The van der Waals surface area contributed by atoms with E-state index in [1.807, 2.05) is 19.1 Å². The molecule has 0 saturated carbocycles. The van der Waals surface area contributed by atoms with E-state index in [2.05, 4.69) is 43.7 Å². The van der Waals surface area contributed by atoms with Crippen molar-refractivity contribution in [3.05, 3.63) is 68.8 Å². The number of aromatic nitrogens is 4. The molecular weight excluding hydrogens is 532 g/mol. The van der Waals surface area contributed by atoms with E-state index in [1.54, 1.807) is 14.0 Å². The fraction of sp³-hybridized carbons (Fsp3) is 0.394. The molecule has 9 nitrogen and oxygen atoms in total. The zero-order valence-corrected chi connectivity index (χ0v) is 25.2. The first-order chi connectivity index (χ1) is 20.0. The summed E-state index contributed by atoms with van der Waals surface area (Å²) in [4.78, 5) is 41.2. The van der Waals surface area contributed by atoms with Gasteiger partial charge in [0.05, 0.1) is 29.1 Å². The molecule has 0 fully saturated rings. The quantitative estimate of drug-likeness (QED) is 0.236. The van der Waals surface area contributed by atoms with Crippen molar-refractivity contribution in [2.45, 2.75) is 79.2 Å². The molecule has 0 aromatic carbocycles. The van der Waals surface area contributed by atoms with E-state index in [1.165, 1.54) is 0 Å². The van der Waals surface area contributed by atoms with Gasteiger partial charge >= 0.3 is 11.9 Å². The molecule has 0 amide bonds. The van der Waals surface area contributed by atoms with Crippen LogP contribution in [0.15, 0.2) is 18.2 Å². The van der Waals surface area contributed by atoms with Crippen molar-refractivity contribution in [3.63, 3.8) is 0 Å². The van der Waals surface area contributed by atoms with Gasteiger partial charge in [-0.15, -0.1) is 0 Å². The third kappa shape index (κ3) is 4.91. The standard InChI is InChI=1S/C33H38N4O5/c1-8-20-15(2)24-12-28-22(14-42-7)17(4)23(35-28)11-25-16(3)21(9-10-29(38)39)31(36-25)19(6)32-30(33(40)41)18(5)26(37-32)13-27(20)34-24/h11-13,16,21,35,37H,8-10,14H2,1-7H3,(H,38,39)(H,40,41)/t16-,21-/m0/s1. The molecule has 2 aliphatic rings. The van der Waals surface area contributed by atoms with Crippen LogP contribution in [0.3, 0.4) is 0 Å². The summed E-state index contributed by atoms with van der Waals surface area (Å²) in [6.45, 7) is 12.4. The number of allylic oxidation sites excluding steroid dienone is 2. The second kappa shape index (κ2) is 11.2. The molecule has 0 spiro atoms. The van der Waals surface area contributed by atoms with Crippen molar-refractivity contribution in [1.82, 2.24) is 19.9 Å². The minimum absolute atomic E-state index is 0.00824. The largest absolute Gasteiger partial charge is 0.481 e. The number of hydrogen-bond acceptors (Lipinski definition) is 5. The predicted octanol–water partition coefficient (Wildman–Crippen LogP) is 7.18. The van der Waals surface area contributed by atoms with Crippen LogP contribution in [0.1, 0.15) is 107 Å². The average molecular weight is 571 g/mol. The predicted molar refractivity (Wildman–Crippen MR) is 164 cm³/mol. The lowest BCUT2D eigenvalue weighted by Gasteiger charge is -2.16. The van der Waals surface area contributed by atoms with Gasteiger partial charge in [-0.1, -0.05) is 13.8 Å². The van der Waals surface area contributed by atoms with Gasteiger partial charge in [0, 0.05) is 58.9 Å². The van der Waals surface area contributed by atoms with Gasteiger partial charge in [-0.3, -0.25) is 9.78 Å². The summed E-state index contributed by atoms with van der Waals surface area (Å²) in [5, 5.41) is 19.8. The fourth-order valence-electron chi connectivity index (χ4n) is 6.42. The molecule has 5 rings (SSSR count). The summed E-state index contributed by atoms with van der Waals surface area (Å²) in [6, 6.07) is 6.01. The number of carboxylic acid groups (broad SMARTS) is 2. The van der Waals surface area contributed by atoms with Crippen LogP contribution in [0.25, 0.3) is 33.2 Å². The Balaban J connectivity index is 1.98. The second-order valence-electron chi connectivity index (χ2n) is 11.4. The van der Waals surface area contributed by atoms with E-state index < -0.39 is 11.9 Å². The third-order valence-corrected chi connectivity index (χ3v) is 8.94. The summed E-state index contributed by atoms with van der Waals surface area (Å²) < 4.78 is 5.57. The number of nitrogens with zero attached hydrogens (tertiary/aromatic N) is 2. The molecule has 3 aromatic heterocycles. The number of aromatic carboxylic acids is 1. The van der Waals surface area contributed by atoms with Crippen LogP contribution in [-0.4, -0.2) is 49.2 Å². The summed E-state index contributed by atoms with van der Waals surface area (Å²) in [7, 11) is 1.68. The summed E-state index contributed by atoms with van der Waals surface area (Å²) >= 11 is 0. The van der Waals surface area contributed by atoms with Gasteiger partial charge in [-0.2, -0.15) is 0 Å². The Kier molecular flexibility index (Phi) is 7.81. The van der Waals surface area contributed by atoms with Gasteiger partial charge < -0.3 is 24.9 Å². The third-order valence-electron chi connectivity index (χ3n) is 8.94.